The summed E-state index contributed by atoms with van der Waals surface area (Å²) in [7, 11) is -3.26. The van der Waals surface area contributed by atoms with Gasteiger partial charge in [0.25, 0.3) is 0 Å². The van der Waals surface area contributed by atoms with E-state index in [4.69, 9.17) is 5.73 Å². The van der Waals surface area contributed by atoms with Crippen molar-refractivity contribution in [2.45, 2.75) is 42.5 Å². The van der Waals surface area contributed by atoms with Gasteiger partial charge in [0.15, 0.2) is 9.84 Å². The summed E-state index contributed by atoms with van der Waals surface area (Å²) in [6, 6.07) is 5.43. The van der Waals surface area contributed by atoms with E-state index in [9.17, 15) is 8.42 Å². The van der Waals surface area contributed by atoms with E-state index < -0.39 is 9.84 Å². The second-order valence-corrected chi connectivity index (χ2v) is 7.65. The van der Waals surface area contributed by atoms with Crippen LogP contribution in [0.15, 0.2) is 23.1 Å². The van der Waals surface area contributed by atoms with Gasteiger partial charge in [-0.1, -0.05) is 12.5 Å². The Morgan fingerprint density at radius 2 is 2.15 bits per heavy atom. The van der Waals surface area contributed by atoms with Gasteiger partial charge in [-0.15, -0.1) is 0 Å². The normalized spacial score (nSPS) is 24.1. The number of aromatic amines is 1. The van der Waals surface area contributed by atoms with Crippen LogP contribution in [-0.2, 0) is 9.84 Å². The number of aromatic nitrogens is 2. The number of nitrogens with two attached hydrogens (primary N) is 1. The molecule has 1 aliphatic carbocycles. The van der Waals surface area contributed by atoms with Crippen molar-refractivity contribution in [3.05, 3.63) is 24.0 Å². The molecule has 0 aliphatic heterocycles. The van der Waals surface area contributed by atoms with Gasteiger partial charge in [0, 0.05) is 18.2 Å². The molecule has 0 radical (unpaired) electrons. The van der Waals surface area contributed by atoms with Gasteiger partial charge in [-0.2, -0.15) is 0 Å². The number of para-hydroxylation sites is 1. The first-order chi connectivity index (χ1) is 9.45. The number of H-pyrrole nitrogens is 1. The Bertz CT molecular complexity index is 736. The third-order valence-corrected chi connectivity index (χ3v) is 5.12. The molecule has 0 amide bonds. The minimum atomic E-state index is -3.26. The molecule has 108 valence electrons. The van der Waals surface area contributed by atoms with Gasteiger partial charge in [0.05, 0.1) is 10.4 Å². The number of nitrogens with zero attached hydrogens (tertiary/aromatic N) is 1. The summed E-state index contributed by atoms with van der Waals surface area (Å²) in [6.45, 7) is 0. The lowest BCUT2D eigenvalue weighted by Gasteiger charge is -2.24. The van der Waals surface area contributed by atoms with Gasteiger partial charge in [0.1, 0.15) is 11.3 Å². The Hall–Kier alpha value is -1.40. The Kier molecular flexibility index (Phi) is 3.30. The average molecular weight is 293 g/mol. The summed E-state index contributed by atoms with van der Waals surface area (Å²) in [5, 5.41) is 0. The molecule has 0 saturated heterocycles. The smallest absolute Gasteiger partial charge is 0.177 e. The zero-order valence-corrected chi connectivity index (χ0v) is 12.3. The molecule has 2 aromatic rings. The van der Waals surface area contributed by atoms with Crippen molar-refractivity contribution in [3.8, 4) is 0 Å². The SMILES string of the molecule is CS(=O)(=O)c1cccc2[nH]c(C3CCCC(N)C3)nc12. The number of rotatable bonds is 2. The van der Waals surface area contributed by atoms with Gasteiger partial charge in [-0.25, -0.2) is 13.4 Å². The summed E-state index contributed by atoms with van der Waals surface area (Å²) in [6.07, 6.45) is 5.34. The first-order valence-electron chi connectivity index (χ1n) is 6.89. The topological polar surface area (TPSA) is 88.8 Å². The monoisotopic (exact) mass is 293 g/mol. The number of hydrogen-bond acceptors (Lipinski definition) is 4. The van der Waals surface area contributed by atoms with Crippen molar-refractivity contribution in [2.24, 2.45) is 5.73 Å². The first kappa shape index (κ1) is 13.6. The third-order valence-electron chi connectivity index (χ3n) is 3.99. The quantitative estimate of drug-likeness (QED) is 0.885. The second-order valence-electron chi connectivity index (χ2n) is 5.67. The van der Waals surface area contributed by atoms with E-state index in [0.717, 1.165) is 37.0 Å². The molecule has 1 aromatic carbocycles. The number of imidazole rings is 1. The molecule has 5 nitrogen and oxygen atoms in total. The summed E-state index contributed by atoms with van der Waals surface area (Å²) in [5.41, 5.74) is 7.34. The van der Waals surface area contributed by atoms with Crippen LogP contribution in [0.25, 0.3) is 11.0 Å². The lowest BCUT2D eigenvalue weighted by Crippen LogP contribution is -2.27. The van der Waals surface area contributed by atoms with Gasteiger partial charge in [0.2, 0.25) is 0 Å². The molecular formula is C14H19N3O2S. The van der Waals surface area contributed by atoms with Crippen LogP contribution in [0.5, 0.6) is 0 Å². The maximum Gasteiger partial charge on any atom is 0.177 e. The van der Waals surface area contributed by atoms with Gasteiger partial charge in [-0.3, -0.25) is 0 Å². The Morgan fingerprint density at radius 3 is 2.85 bits per heavy atom. The zero-order chi connectivity index (χ0) is 14.3. The van der Waals surface area contributed by atoms with Crippen molar-refractivity contribution < 1.29 is 8.42 Å². The van der Waals surface area contributed by atoms with Crippen molar-refractivity contribution in [2.75, 3.05) is 6.26 Å². The van der Waals surface area contributed by atoms with E-state index in [1.807, 2.05) is 6.07 Å². The minimum absolute atomic E-state index is 0.219. The number of nitrogens with one attached hydrogen (secondary N) is 1. The third kappa shape index (κ3) is 2.45. The fourth-order valence-corrected chi connectivity index (χ4v) is 3.83. The zero-order valence-electron chi connectivity index (χ0n) is 11.5. The van der Waals surface area contributed by atoms with E-state index in [0.29, 0.717) is 11.4 Å². The van der Waals surface area contributed by atoms with Gasteiger partial charge in [-0.05, 0) is 31.4 Å². The summed E-state index contributed by atoms with van der Waals surface area (Å²) in [4.78, 5) is 8.10. The van der Waals surface area contributed by atoms with E-state index >= 15 is 0 Å². The van der Waals surface area contributed by atoms with Gasteiger partial charge < -0.3 is 10.7 Å². The molecule has 2 unspecified atom stereocenters. The predicted molar refractivity (Wildman–Crippen MR) is 78.4 cm³/mol. The number of sulfone groups is 1. The van der Waals surface area contributed by atoms with Crippen LogP contribution in [0.3, 0.4) is 0 Å². The molecule has 1 fully saturated rings. The average Bonchev–Trinajstić information content (AvgIpc) is 2.81. The first-order valence-corrected chi connectivity index (χ1v) is 8.78. The molecule has 3 N–H and O–H groups in total. The van der Waals surface area contributed by atoms with E-state index in [1.165, 1.54) is 6.26 Å². The molecule has 3 rings (SSSR count). The highest BCUT2D eigenvalue weighted by molar-refractivity contribution is 7.91. The molecule has 1 heterocycles. The summed E-state index contributed by atoms with van der Waals surface area (Å²) >= 11 is 0. The van der Waals surface area contributed by atoms with Crippen LogP contribution < -0.4 is 5.73 Å². The molecule has 1 aliphatic rings. The Labute approximate surface area is 118 Å². The number of fused-ring (bicyclic) bond motifs is 1. The summed E-state index contributed by atoms with van der Waals surface area (Å²) in [5.74, 6) is 1.17. The fraction of sp³-hybridized carbons (Fsp3) is 0.500. The maximum atomic E-state index is 11.8. The lowest BCUT2D eigenvalue weighted by molar-refractivity contribution is 0.384. The van der Waals surface area contributed by atoms with Crippen LogP contribution >= 0.6 is 0 Å². The fourth-order valence-electron chi connectivity index (χ4n) is 2.99. The van der Waals surface area contributed by atoms with Crippen LogP contribution in [0.2, 0.25) is 0 Å². The lowest BCUT2D eigenvalue weighted by atomic mass is 9.86. The molecule has 1 aromatic heterocycles. The van der Waals surface area contributed by atoms with Crippen LogP contribution in [-0.4, -0.2) is 30.7 Å². The molecule has 20 heavy (non-hydrogen) atoms. The highest BCUT2D eigenvalue weighted by Gasteiger charge is 2.24. The van der Waals surface area contributed by atoms with Crippen LogP contribution in [0.1, 0.15) is 37.4 Å². The van der Waals surface area contributed by atoms with Crippen LogP contribution in [0.4, 0.5) is 0 Å². The standard InChI is InChI=1S/C14H19N3O2S/c1-20(18,19)12-7-3-6-11-13(12)17-14(16-11)9-4-2-5-10(15)8-9/h3,6-7,9-10H,2,4-5,8,15H2,1H3,(H,16,17). The molecule has 6 heteroatoms. The van der Waals surface area contributed by atoms with E-state index in [-0.39, 0.29) is 10.9 Å². The van der Waals surface area contributed by atoms with Crippen molar-refractivity contribution in [3.63, 3.8) is 0 Å². The molecular weight excluding hydrogens is 274 g/mol. The van der Waals surface area contributed by atoms with Crippen LogP contribution in [0, 0.1) is 0 Å². The highest BCUT2D eigenvalue weighted by Crippen LogP contribution is 2.32. The molecule has 1 saturated carbocycles. The predicted octanol–water partition coefficient (Wildman–Crippen LogP) is 1.95. The minimum Gasteiger partial charge on any atom is -0.342 e. The largest absolute Gasteiger partial charge is 0.342 e. The van der Waals surface area contributed by atoms with Crippen molar-refractivity contribution >= 4 is 20.9 Å². The molecule has 2 atom stereocenters. The summed E-state index contributed by atoms with van der Waals surface area (Å²) < 4.78 is 23.6. The second kappa shape index (κ2) is 4.86. The highest BCUT2D eigenvalue weighted by atomic mass is 32.2. The Morgan fingerprint density at radius 1 is 1.35 bits per heavy atom. The molecule has 0 spiro atoms. The van der Waals surface area contributed by atoms with Crippen molar-refractivity contribution in [1.82, 2.24) is 9.97 Å². The Balaban J connectivity index is 2.07. The van der Waals surface area contributed by atoms with Gasteiger partial charge >= 0.3 is 0 Å². The van der Waals surface area contributed by atoms with E-state index in [2.05, 4.69) is 9.97 Å². The van der Waals surface area contributed by atoms with Crippen molar-refractivity contribution in [1.29, 1.82) is 0 Å². The van der Waals surface area contributed by atoms with E-state index in [1.54, 1.807) is 12.1 Å². The maximum absolute atomic E-state index is 11.8. The number of hydrogen-bond donors (Lipinski definition) is 2. The molecule has 0 bridgehead atoms. The number of benzene rings is 1.